The molecular weight excluding hydrogens is 262 g/mol. The van der Waals surface area contributed by atoms with Crippen LogP contribution in [0.3, 0.4) is 0 Å². The lowest BCUT2D eigenvalue weighted by Gasteiger charge is -2.20. The fraction of sp³-hybridized carbons (Fsp3) is 0.214. The number of pyridine rings is 2. The molecule has 0 aliphatic heterocycles. The van der Waals surface area contributed by atoms with Crippen molar-refractivity contribution < 1.29 is 4.79 Å². The van der Waals surface area contributed by atoms with Crippen LogP contribution in [0.4, 0.5) is 0 Å². The van der Waals surface area contributed by atoms with E-state index in [2.05, 4.69) is 9.97 Å². The molecule has 5 heteroatoms. The standard InChI is InChI=1S/C14H14ClN3O/c1-2-18(10-11-5-3-4-7-17-11)14(19)12-6-8-16-9-13(12)15/h3-9H,2,10H2,1H3. The summed E-state index contributed by atoms with van der Waals surface area (Å²) in [7, 11) is 0. The van der Waals surface area contributed by atoms with Gasteiger partial charge in [0.1, 0.15) is 0 Å². The van der Waals surface area contributed by atoms with Gasteiger partial charge in [0.05, 0.1) is 22.8 Å². The van der Waals surface area contributed by atoms with Crippen LogP contribution in [0.2, 0.25) is 5.02 Å². The maximum atomic E-state index is 12.4. The van der Waals surface area contributed by atoms with E-state index in [9.17, 15) is 4.79 Å². The van der Waals surface area contributed by atoms with Gasteiger partial charge in [0.2, 0.25) is 0 Å². The maximum Gasteiger partial charge on any atom is 0.255 e. The molecule has 0 radical (unpaired) electrons. The van der Waals surface area contributed by atoms with Gasteiger partial charge in [-0.2, -0.15) is 0 Å². The van der Waals surface area contributed by atoms with Crippen LogP contribution in [0, 0.1) is 0 Å². The third-order valence-corrected chi connectivity index (χ3v) is 3.05. The number of halogens is 1. The number of nitrogens with zero attached hydrogens (tertiary/aromatic N) is 3. The maximum absolute atomic E-state index is 12.4. The van der Waals surface area contributed by atoms with E-state index in [4.69, 9.17) is 11.6 Å². The molecule has 0 spiro atoms. The summed E-state index contributed by atoms with van der Waals surface area (Å²) >= 11 is 6.00. The Morgan fingerprint density at radius 3 is 2.79 bits per heavy atom. The Balaban J connectivity index is 2.18. The second-order valence-corrected chi connectivity index (χ2v) is 4.40. The minimum Gasteiger partial charge on any atom is -0.333 e. The third kappa shape index (κ3) is 3.29. The molecule has 0 N–H and O–H groups in total. The first-order valence-electron chi connectivity index (χ1n) is 6.01. The fourth-order valence-corrected chi connectivity index (χ4v) is 1.93. The number of rotatable bonds is 4. The largest absolute Gasteiger partial charge is 0.333 e. The lowest BCUT2D eigenvalue weighted by atomic mass is 10.2. The molecule has 0 atom stereocenters. The van der Waals surface area contributed by atoms with Crippen molar-refractivity contribution in [3.8, 4) is 0 Å². The average Bonchev–Trinajstić information content (AvgIpc) is 2.46. The quantitative estimate of drug-likeness (QED) is 0.862. The van der Waals surface area contributed by atoms with Crippen molar-refractivity contribution in [3.05, 3.63) is 59.1 Å². The number of carbonyl (C=O) groups is 1. The molecule has 98 valence electrons. The van der Waals surface area contributed by atoms with Crippen molar-refractivity contribution in [2.45, 2.75) is 13.5 Å². The first kappa shape index (κ1) is 13.5. The molecule has 1 amide bonds. The van der Waals surface area contributed by atoms with Crippen molar-refractivity contribution in [2.75, 3.05) is 6.54 Å². The normalized spacial score (nSPS) is 10.2. The van der Waals surface area contributed by atoms with E-state index in [1.165, 1.54) is 6.20 Å². The summed E-state index contributed by atoms with van der Waals surface area (Å²) in [5, 5.41) is 0.368. The third-order valence-electron chi connectivity index (χ3n) is 2.75. The van der Waals surface area contributed by atoms with Gasteiger partial charge in [-0.05, 0) is 25.1 Å². The Labute approximate surface area is 117 Å². The summed E-state index contributed by atoms with van der Waals surface area (Å²) in [6.07, 6.45) is 4.75. The van der Waals surface area contributed by atoms with Gasteiger partial charge in [0, 0.05) is 25.1 Å². The Morgan fingerprint density at radius 2 is 2.16 bits per heavy atom. The van der Waals surface area contributed by atoms with Crippen LogP contribution in [0.1, 0.15) is 23.0 Å². The molecule has 2 aromatic heterocycles. The highest BCUT2D eigenvalue weighted by Crippen LogP contribution is 2.16. The predicted molar refractivity (Wildman–Crippen MR) is 73.9 cm³/mol. The van der Waals surface area contributed by atoms with Crippen LogP contribution in [-0.2, 0) is 6.54 Å². The molecular formula is C14H14ClN3O. The van der Waals surface area contributed by atoms with E-state index >= 15 is 0 Å². The Bertz CT molecular complexity index is 560. The second-order valence-electron chi connectivity index (χ2n) is 4.00. The van der Waals surface area contributed by atoms with Gasteiger partial charge in [-0.1, -0.05) is 17.7 Å². The number of amides is 1. The Morgan fingerprint density at radius 1 is 1.32 bits per heavy atom. The molecule has 0 aliphatic rings. The number of hydrogen-bond acceptors (Lipinski definition) is 3. The Kier molecular flexibility index (Phi) is 4.47. The van der Waals surface area contributed by atoms with E-state index in [-0.39, 0.29) is 5.91 Å². The highest BCUT2D eigenvalue weighted by Gasteiger charge is 2.17. The number of hydrogen-bond donors (Lipinski definition) is 0. The first-order valence-corrected chi connectivity index (χ1v) is 6.39. The van der Waals surface area contributed by atoms with E-state index in [1.54, 1.807) is 23.4 Å². The summed E-state index contributed by atoms with van der Waals surface area (Å²) in [6, 6.07) is 7.28. The molecule has 0 saturated carbocycles. The average molecular weight is 276 g/mol. The summed E-state index contributed by atoms with van der Waals surface area (Å²) in [5.41, 5.74) is 1.32. The molecule has 2 aromatic rings. The van der Waals surface area contributed by atoms with Crippen LogP contribution in [0.25, 0.3) is 0 Å². The van der Waals surface area contributed by atoms with Gasteiger partial charge >= 0.3 is 0 Å². The molecule has 2 heterocycles. The molecule has 4 nitrogen and oxygen atoms in total. The van der Waals surface area contributed by atoms with Crippen molar-refractivity contribution in [3.63, 3.8) is 0 Å². The second kappa shape index (κ2) is 6.29. The Hall–Kier alpha value is -1.94. The number of carbonyl (C=O) groups excluding carboxylic acids is 1. The molecule has 0 bridgehead atoms. The monoisotopic (exact) mass is 275 g/mol. The van der Waals surface area contributed by atoms with Gasteiger partial charge in [0.15, 0.2) is 0 Å². The van der Waals surface area contributed by atoms with E-state index < -0.39 is 0 Å². The summed E-state index contributed by atoms with van der Waals surface area (Å²) in [6.45, 7) is 2.98. The first-order chi connectivity index (χ1) is 9.22. The van der Waals surface area contributed by atoms with Crippen molar-refractivity contribution in [1.82, 2.24) is 14.9 Å². The lowest BCUT2D eigenvalue weighted by molar-refractivity contribution is 0.0750. The van der Waals surface area contributed by atoms with Crippen LogP contribution < -0.4 is 0 Å². The van der Waals surface area contributed by atoms with Gasteiger partial charge in [-0.3, -0.25) is 14.8 Å². The van der Waals surface area contributed by atoms with Gasteiger partial charge in [-0.25, -0.2) is 0 Å². The van der Waals surface area contributed by atoms with Gasteiger partial charge in [0.25, 0.3) is 5.91 Å². The van der Waals surface area contributed by atoms with Crippen LogP contribution in [0.5, 0.6) is 0 Å². The van der Waals surface area contributed by atoms with Crippen LogP contribution in [0.15, 0.2) is 42.9 Å². The number of aromatic nitrogens is 2. The van der Waals surface area contributed by atoms with E-state index in [0.717, 1.165) is 5.69 Å². The van der Waals surface area contributed by atoms with Crippen molar-refractivity contribution >= 4 is 17.5 Å². The molecule has 0 aliphatic carbocycles. The molecule has 2 rings (SSSR count). The lowest BCUT2D eigenvalue weighted by Crippen LogP contribution is -2.30. The minimum atomic E-state index is -0.111. The molecule has 0 saturated heterocycles. The minimum absolute atomic E-state index is 0.111. The highest BCUT2D eigenvalue weighted by atomic mass is 35.5. The smallest absolute Gasteiger partial charge is 0.255 e. The summed E-state index contributed by atoms with van der Waals surface area (Å²) < 4.78 is 0. The predicted octanol–water partition coefficient (Wildman–Crippen LogP) is 2.79. The summed E-state index contributed by atoms with van der Waals surface area (Å²) in [4.78, 5) is 22.2. The van der Waals surface area contributed by atoms with Crippen LogP contribution in [-0.4, -0.2) is 27.3 Å². The fourth-order valence-electron chi connectivity index (χ4n) is 1.73. The molecule has 0 fully saturated rings. The highest BCUT2D eigenvalue weighted by molar-refractivity contribution is 6.33. The molecule has 0 aromatic carbocycles. The zero-order valence-corrected chi connectivity index (χ0v) is 11.3. The topological polar surface area (TPSA) is 46.1 Å². The van der Waals surface area contributed by atoms with Crippen molar-refractivity contribution in [2.24, 2.45) is 0 Å². The summed E-state index contributed by atoms with van der Waals surface area (Å²) in [5.74, 6) is -0.111. The zero-order chi connectivity index (χ0) is 13.7. The van der Waals surface area contributed by atoms with E-state index in [1.807, 2.05) is 25.1 Å². The molecule has 0 unspecified atom stereocenters. The SMILES string of the molecule is CCN(Cc1ccccn1)C(=O)c1ccncc1Cl. The molecule has 19 heavy (non-hydrogen) atoms. The van der Waals surface area contributed by atoms with Crippen LogP contribution >= 0.6 is 11.6 Å². The zero-order valence-electron chi connectivity index (χ0n) is 10.6. The van der Waals surface area contributed by atoms with Gasteiger partial charge < -0.3 is 4.90 Å². The van der Waals surface area contributed by atoms with Gasteiger partial charge in [-0.15, -0.1) is 0 Å². The van der Waals surface area contributed by atoms with E-state index in [0.29, 0.717) is 23.7 Å². The van der Waals surface area contributed by atoms with Crippen molar-refractivity contribution in [1.29, 1.82) is 0 Å².